The van der Waals surface area contributed by atoms with Crippen molar-refractivity contribution in [3.63, 3.8) is 0 Å². The lowest BCUT2D eigenvalue weighted by atomic mass is 9.93. The minimum Gasteiger partial charge on any atom is -0.301 e. The van der Waals surface area contributed by atoms with E-state index in [9.17, 15) is 0 Å². The number of rotatable bonds is 3. The molecule has 0 bridgehead atoms. The molecule has 0 amide bonds. The molecule has 0 unspecified atom stereocenters. The standard InChI is InChI=1S/C27H19NS/c1-18-16-17-29-27(18)28(22-8-3-2-4-9-22)24-15-13-21-11-10-19-6-5-7-20-12-14-23(24)26(21)25(19)20/h2-17H,1H3. The molecule has 0 N–H and O–H groups in total. The van der Waals surface area contributed by atoms with Crippen LogP contribution in [-0.2, 0) is 0 Å². The van der Waals surface area contributed by atoms with Crippen molar-refractivity contribution in [3.8, 4) is 0 Å². The fourth-order valence-corrected chi connectivity index (χ4v) is 5.42. The number of hydrogen-bond donors (Lipinski definition) is 0. The molecule has 0 radical (unpaired) electrons. The third kappa shape index (κ3) is 2.46. The van der Waals surface area contributed by atoms with Crippen LogP contribution in [0, 0.1) is 6.92 Å². The van der Waals surface area contributed by atoms with Crippen molar-refractivity contribution in [2.45, 2.75) is 6.92 Å². The number of hydrogen-bond acceptors (Lipinski definition) is 2. The Kier molecular flexibility index (Phi) is 3.62. The first-order chi connectivity index (χ1) is 14.3. The molecule has 0 saturated heterocycles. The monoisotopic (exact) mass is 389 g/mol. The average Bonchev–Trinajstić information content (AvgIpc) is 3.19. The molecular formula is C27H19NS. The van der Waals surface area contributed by atoms with Gasteiger partial charge < -0.3 is 4.90 Å². The van der Waals surface area contributed by atoms with Crippen molar-refractivity contribution in [1.82, 2.24) is 0 Å². The van der Waals surface area contributed by atoms with Gasteiger partial charge in [0.05, 0.1) is 5.69 Å². The summed E-state index contributed by atoms with van der Waals surface area (Å²) in [5, 5.41) is 11.4. The summed E-state index contributed by atoms with van der Waals surface area (Å²) >= 11 is 1.79. The molecule has 29 heavy (non-hydrogen) atoms. The van der Waals surface area contributed by atoms with Crippen molar-refractivity contribution in [3.05, 3.63) is 102 Å². The summed E-state index contributed by atoms with van der Waals surface area (Å²) in [6, 6.07) is 33.0. The highest BCUT2D eigenvalue weighted by Gasteiger charge is 2.19. The van der Waals surface area contributed by atoms with E-state index in [0.29, 0.717) is 0 Å². The zero-order valence-corrected chi connectivity index (χ0v) is 16.9. The van der Waals surface area contributed by atoms with Crippen molar-refractivity contribution >= 4 is 60.0 Å². The van der Waals surface area contributed by atoms with Crippen LogP contribution in [0.2, 0.25) is 0 Å². The first-order valence-electron chi connectivity index (χ1n) is 9.87. The zero-order chi connectivity index (χ0) is 19.4. The number of thiophene rings is 1. The van der Waals surface area contributed by atoms with E-state index in [2.05, 4.69) is 108 Å². The van der Waals surface area contributed by atoms with Crippen LogP contribution in [-0.4, -0.2) is 0 Å². The first-order valence-corrected chi connectivity index (χ1v) is 10.7. The van der Waals surface area contributed by atoms with Gasteiger partial charge in [-0.3, -0.25) is 0 Å². The molecule has 0 aliphatic carbocycles. The maximum atomic E-state index is 2.41. The predicted octanol–water partition coefficient (Wildman–Crippen LogP) is 8.42. The summed E-state index contributed by atoms with van der Waals surface area (Å²) in [7, 11) is 0. The molecule has 0 aliphatic rings. The summed E-state index contributed by atoms with van der Waals surface area (Å²) in [4.78, 5) is 2.41. The lowest BCUT2D eigenvalue weighted by molar-refractivity contribution is 1.31. The van der Waals surface area contributed by atoms with Crippen LogP contribution in [0.25, 0.3) is 32.3 Å². The van der Waals surface area contributed by atoms with Crippen LogP contribution in [0.4, 0.5) is 16.4 Å². The largest absolute Gasteiger partial charge is 0.301 e. The summed E-state index contributed by atoms with van der Waals surface area (Å²) < 4.78 is 0. The summed E-state index contributed by atoms with van der Waals surface area (Å²) in [6.45, 7) is 2.19. The summed E-state index contributed by atoms with van der Waals surface area (Å²) in [5.41, 5.74) is 3.71. The highest BCUT2D eigenvalue weighted by Crippen LogP contribution is 2.45. The van der Waals surface area contributed by atoms with Gasteiger partial charge >= 0.3 is 0 Å². The third-order valence-corrected chi connectivity index (χ3v) is 6.80. The number of nitrogens with zero attached hydrogens (tertiary/aromatic N) is 1. The van der Waals surface area contributed by atoms with E-state index in [-0.39, 0.29) is 0 Å². The fourth-order valence-electron chi connectivity index (χ4n) is 4.45. The van der Waals surface area contributed by atoms with E-state index in [1.807, 2.05) is 0 Å². The molecule has 6 aromatic rings. The molecule has 5 aromatic carbocycles. The highest BCUT2D eigenvalue weighted by molar-refractivity contribution is 7.14. The van der Waals surface area contributed by atoms with Crippen molar-refractivity contribution in [2.24, 2.45) is 0 Å². The molecule has 2 heteroatoms. The SMILES string of the molecule is Cc1ccsc1N(c1ccccc1)c1ccc2ccc3cccc4ccc1c2c34. The molecule has 6 rings (SSSR count). The number of anilines is 3. The van der Waals surface area contributed by atoms with Crippen LogP contribution >= 0.6 is 11.3 Å². The Bertz CT molecular complexity index is 1450. The van der Waals surface area contributed by atoms with E-state index >= 15 is 0 Å². The predicted molar refractivity (Wildman–Crippen MR) is 127 cm³/mol. The maximum Gasteiger partial charge on any atom is 0.103 e. The van der Waals surface area contributed by atoms with Gasteiger partial charge in [0, 0.05) is 11.1 Å². The molecule has 1 heterocycles. The van der Waals surface area contributed by atoms with Crippen molar-refractivity contribution < 1.29 is 0 Å². The first kappa shape index (κ1) is 16.6. The van der Waals surface area contributed by atoms with Gasteiger partial charge in [-0.1, -0.05) is 66.7 Å². The lowest BCUT2D eigenvalue weighted by Crippen LogP contribution is -2.10. The number of aryl methyl sites for hydroxylation is 1. The normalized spacial score (nSPS) is 11.6. The molecule has 0 fully saturated rings. The maximum absolute atomic E-state index is 2.41. The molecule has 0 atom stereocenters. The minimum atomic E-state index is 1.19. The Labute approximate surface area is 173 Å². The van der Waals surface area contributed by atoms with Gasteiger partial charge in [0.25, 0.3) is 0 Å². The zero-order valence-electron chi connectivity index (χ0n) is 16.1. The summed E-state index contributed by atoms with van der Waals surface area (Å²) in [5.74, 6) is 0. The van der Waals surface area contributed by atoms with Gasteiger partial charge in [-0.2, -0.15) is 0 Å². The molecule has 138 valence electrons. The van der Waals surface area contributed by atoms with E-state index in [4.69, 9.17) is 0 Å². The molecule has 1 aromatic heterocycles. The number of benzene rings is 5. The molecule has 0 spiro atoms. The smallest absolute Gasteiger partial charge is 0.103 e. The number of para-hydroxylation sites is 1. The van der Waals surface area contributed by atoms with E-state index in [1.54, 1.807) is 11.3 Å². The van der Waals surface area contributed by atoms with Crippen molar-refractivity contribution in [1.29, 1.82) is 0 Å². The lowest BCUT2D eigenvalue weighted by Gasteiger charge is -2.27. The minimum absolute atomic E-state index is 1.19. The van der Waals surface area contributed by atoms with Crippen LogP contribution in [0.3, 0.4) is 0 Å². The summed E-state index contributed by atoms with van der Waals surface area (Å²) in [6.07, 6.45) is 0. The Morgan fingerprint density at radius 1 is 0.621 bits per heavy atom. The second kappa shape index (κ2) is 6.33. The quantitative estimate of drug-likeness (QED) is 0.275. The molecular weight excluding hydrogens is 370 g/mol. The highest BCUT2D eigenvalue weighted by atomic mass is 32.1. The molecule has 1 nitrogen and oxygen atoms in total. The van der Waals surface area contributed by atoms with Gasteiger partial charge in [-0.05, 0) is 69.1 Å². The van der Waals surface area contributed by atoms with E-state index < -0.39 is 0 Å². The van der Waals surface area contributed by atoms with Crippen LogP contribution in [0.15, 0.2) is 96.4 Å². The average molecular weight is 390 g/mol. The molecule has 0 aliphatic heterocycles. The Morgan fingerprint density at radius 3 is 2.03 bits per heavy atom. The second-order valence-corrected chi connectivity index (χ2v) is 8.42. The fraction of sp³-hybridized carbons (Fsp3) is 0.0370. The van der Waals surface area contributed by atoms with Gasteiger partial charge in [0.1, 0.15) is 5.00 Å². The van der Waals surface area contributed by atoms with Crippen LogP contribution in [0.5, 0.6) is 0 Å². The van der Waals surface area contributed by atoms with Gasteiger partial charge in [-0.15, -0.1) is 11.3 Å². The van der Waals surface area contributed by atoms with Crippen LogP contribution in [0.1, 0.15) is 5.56 Å². The Hall–Kier alpha value is -3.36. The Balaban J connectivity index is 1.74. The van der Waals surface area contributed by atoms with Crippen LogP contribution < -0.4 is 4.90 Å². The Morgan fingerprint density at radius 2 is 1.31 bits per heavy atom. The molecule has 0 saturated carbocycles. The van der Waals surface area contributed by atoms with Gasteiger partial charge in [0.2, 0.25) is 0 Å². The van der Waals surface area contributed by atoms with Gasteiger partial charge in [0.15, 0.2) is 0 Å². The van der Waals surface area contributed by atoms with Gasteiger partial charge in [-0.25, -0.2) is 0 Å². The van der Waals surface area contributed by atoms with E-state index in [0.717, 1.165) is 0 Å². The topological polar surface area (TPSA) is 3.24 Å². The second-order valence-electron chi connectivity index (χ2n) is 7.52. The van der Waals surface area contributed by atoms with Crippen molar-refractivity contribution in [2.75, 3.05) is 4.90 Å². The third-order valence-electron chi connectivity index (χ3n) is 5.80. The van der Waals surface area contributed by atoms with E-state index in [1.165, 1.54) is 54.3 Å².